The fourth-order valence-corrected chi connectivity index (χ4v) is 2.06. The van der Waals surface area contributed by atoms with Crippen molar-refractivity contribution in [1.29, 1.82) is 0 Å². The van der Waals surface area contributed by atoms with E-state index in [0.717, 1.165) is 16.9 Å². The van der Waals surface area contributed by atoms with Crippen LogP contribution in [0.4, 0.5) is 0 Å². The van der Waals surface area contributed by atoms with Crippen molar-refractivity contribution in [2.75, 3.05) is 7.11 Å². The van der Waals surface area contributed by atoms with E-state index < -0.39 is 0 Å². The fourth-order valence-electron chi connectivity index (χ4n) is 2.06. The first kappa shape index (κ1) is 14.2. The van der Waals surface area contributed by atoms with Crippen LogP contribution in [0.2, 0.25) is 0 Å². The minimum Gasteiger partial charge on any atom is -0.508 e. The zero-order chi connectivity index (χ0) is 14.5. The minimum absolute atomic E-state index is 0.0261. The van der Waals surface area contributed by atoms with Crippen LogP contribution in [0.5, 0.6) is 17.2 Å². The van der Waals surface area contributed by atoms with Crippen molar-refractivity contribution in [3.8, 4) is 17.2 Å². The lowest BCUT2D eigenvalue weighted by Crippen LogP contribution is -2.18. The van der Waals surface area contributed by atoms with Crippen LogP contribution in [0, 0.1) is 0 Å². The quantitative estimate of drug-likeness (QED) is 0.784. The summed E-state index contributed by atoms with van der Waals surface area (Å²) in [5.74, 6) is 0.978. The largest absolute Gasteiger partial charge is 0.508 e. The Morgan fingerprint density at radius 1 is 1.15 bits per heavy atom. The molecular formula is C16H19NO3. The third kappa shape index (κ3) is 3.42. The highest BCUT2D eigenvalue weighted by Gasteiger charge is 2.10. The highest BCUT2D eigenvalue weighted by molar-refractivity contribution is 5.40. The van der Waals surface area contributed by atoms with Crippen molar-refractivity contribution in [3.05, 3.63) is 53.6 Å². The van der Waals surface area contributed by atoms with E-state index in [1.807, 2.05) is 31.2 Å². The Labute approximate surface area is 118 Å². The SMILES string of the molecule is COc1cccc(CNC(C)c2ccc(O)cc2O)c1. The third-order valence-corrected chi connectivity index (χ3v) is 3.23. The fraction of sp³-hybridized carbons (Fsp3) is 0.250. The van der Waals surface area contributed by atoms with Gasteiger partial charge in [-0.05, 0) is 30.7 Å². The number of phenols is 2. The van der Waals surface area contributed by atoms with Crippen LogP contribution in [0.15, 0.2) is 42.5 Å². The van der Waals surface area contributed by atoms with Gasteiger partial charge >= 0.3 is 0 Å². The summed E-state index contributed by atoms with van der Waals surface area (Å²) in [5.41, 5.74) is 1.86. The molecule has 0 heterocycles. The van der Waals surface area contributed by atoms with Gasteiger partial charge in [0.15, 0.2) is 0 Å². The number of methoxy groups -OCH3 is 1. The van der Waals surface area contributed by atoms with Crippen LogP contribution in [0.25, 0.3) is 0 Å². The zero-order valence-electron chi connectivity index (χ0n) is 11.6. The Morgan fingerprint density at radius 3 is 2.65 bits per heavy atom. The molecule has 2 aromatic rings. The molecule has 1 unspecified atom stereocenters. The van der Waals surface area contributed by atoms with Crippen LogP contribution in [0.3, 0.4) is 0 Å². The minimum atomic E-state index is -0.0261. The number of hydrogen-bond donors (Lipinski definition) is 3. The second-order valence-corrected chi connectivity index (χ2v) is 4.70. The number of hydrogen-bond acceptors (Lipinski definition) is 4. The molecule has 106 valence electrons. The number of phenolic OH excluding ortho intramolecular Hbond substituents is 2. The Balaban J connectivity index is 2.02. The monoisotopic (exact) mass is 273 g/mol. The van der Waals surface area contributed by atoms with Gasteiger partial charge in [-0.3, -0.25) is 0 Å². The van der Waals surface area contributed by atoms with E-state index in [1.165, 1.54) is 6.07 Å². The molecule has 0 saturated carbocycles. The number of nitrogens with one attached hydrogen (secondary N) is 1. The van der Waals surface area contributed by atoms with Crippen LogP contribution in [-0.2, 0) is 6.54 Å². The Kier molecular flexibility index (Phi) is 4.48. The van der Waals surface area contributed by atoms with Crippen molar-refractivity contribution in [3.63, 3.8) is 0 Å². The number of ether oxygens (including phenoxy) is 1. The molecule has 0 aliphatic heterocycles. The molecular weight excluding hydrogens is 254 g/mol. The molecule has 20 heavy (non-hydrogen) atoms. The van der Waals surface area contributed by atoms with Gasteiger partial charge in [0.1, 0.15) is 17.2 Å². The summed E-state index contributed by atoms with van der Waals surface area (Å²) < 4.78 is 5.18. The summed E-state index contributed by atoms with van der Waals surface area (Å²) in [5, 5.41) is 22.4. The summed E-state index contributed by atoms with van der Waals surface area (Å²) >= 11 is 0. The highest BCUT2D eigenvalue weighted by atomic mass is 16.5. The van der Waals surface area contributed by atoms with Crippen LogP contribution < -0.4 is 10.1 Å². The summed E-state index contributed by atoms with van der Waals surface area (Å²) in [6, 6.07) is 12.4. The smallest absolute Gasteiger partial charge is 0.124 e. The zero-order valence-corrected chi connectivity index (χ0v) is 11.6. The Morgan fingerprint density at radius 2 is 1.95 bits per heavy atom. The molecule has 4 nitrogen and oxygen atoms in total. The molecule has 0 fully saturated rings. The van der Waals surface area contributed by atoms with Gasteiger partial charge in [0.05, 0.1) is 7.11 Å². The second kappa shape index (κ2) is 6.30. The molecule has 0 saturated heterocycles. The summed E-state index contributed by atoms with van der Waals surface area (Å²) in [6.45, 7) is 2.63. The molecule has 0 aliphatic carbocycles. The van der Waals surface area contributed by atoms with Crippen molar-refractivity contribution >= 4 is 0 Å². The van der Waals surface area contributed by atoms with E-state index >= 15 is 0 Å². The van der Waals surface area contributed by atoms with Crippen LogP contribution in [0.1, 0.15) is 24.1 Å². The predicted molar refractivity (Wildman–Crippen MR) is 78.0 cm³/mol. The first-order valence-corrected chi connectivity index (χ1v) is 6.48. The standard InChI is InChI=1S/C16H19NO3/c1-11(15-7-6-13(18)9-16(15)19)17-10-12-4-3-5-14(8-12)20-2/h3-9,11,17-19H,10H2,1-2H3. The van der Waals surface area contributed by atoms with E-state index in [0.29, 0.717) is 6.54 Å². The number of aromatic hydroxyl groups is 2. The normalized spacial score (nSPS) is 12.1. The van der Waals surface area contributed by atoms with Gasteiger partial charge in [0.25, 0.3) is 0 Å². The predicted octanol–water partition coefficient (Wildman–Crippen LogP) is 2.96. The van der Waals surface area contributed by atoms with Crippen LogP contribution in [-0.4, -0.2) is 17.3 Å². The van der Waals surface area contributed by atoms with E-state index in [4.69, 9.17) is 4.74 Å². The van der Waals surface area contributed by atoms with Crippen molar-refractivity contribution in [1.82, 2.24) is 5.32 Å². The third-order valence-electron chi connectivity index (χ3n) is 3.23. The molecule has 0 spiro atoms. The van der Waals surface area contributed by atoms with E-state index in [-0.39, 0.29) is 17.5 Å². The molecule has 0 bridgehead atoms. The molecule has 0 aromatic heterocycles. The summed E-state index contributed by atoms with van der Waals surface area (Å²) in [6.07, 6.45) is 0. The van der Waals surface area contributed by atoms with Crippen molar-refractivity contribution in [2.24, 2.45) is 0 Å². The molecule has 1 atom stereocenters. The van der Waals surface area contributed by atoms with Crippen LogP contribution >= 0.6 is 0 Å². The molecule has 2 aromatic carbocycles. The average Bonchev–Trinajstić information content (AvgIpc) is 2.45. The lowest BCUT2D eigenvalue weighted by molar-refractivity contribution is 0.413. The van der Waals surface area contributed by atoms with E-state index in [2.05, 4.69) is 5.32 Å². The molecule has 0 aliphatic rings. The average molecular weight is 273 g/mol. The Bertz CT molecular complexity index is 584. The molecule has 3 N–H and O–H groups in total. The second-order valence-electron chi connectivity index (χ2n) is 4.70. The van der Waals surface area contributed by atoms with Gasteiger partial charge in [-0.2, -0.15) is 0 Å². The number of benzene rings is 2. The Hall–Kier alpha value is -2.20. The molecule has 2 rings (SSSR count). The van der Waals surface area contributed by atoms with Crippen molar-refractivity contribution < 1.29 is 14.9 Å². The van der Waals surface area contributed by atoms with E-state index in [1.54, 1.807) is 19.2 Å². The van der Waals surface area contributed by atoms with Gasteiger partial charge in [-0.15, -0.1) is 0 Å². The van der Waals surface area contributed by atoms with Gasteiger partial charge in [-0.1, -0.05) is 18.2 Å². The molecule has 0 radical (unpaired) electrons. The molecule has 4 heteroatoms. The number of rotatable bonds is 5. The summed E-state index contributed by atoms with van der Waals surface area (Å²) in [4.78, 5) is 0. The maximum absolute atomic E-state index is 9.82. The van der Waals surface area contributed by atoms with Crippen molar-refractivity contribution in [2.45, 2.75) is 19.5 Å². The topological polar surface area (TPSA) is 61.7 Å². The first-order chi connectivity index (χ1) is 9.60. The van der Waals surface area contributed by atoms with Gasteiger partial charge in [0, 0.05) is 24.2 Å². The lowest BCUT2D eigenvalue weighted by atomic mass is 10.1. The lowest BCUT2D eigenvalue weighted by Gasteiger charge is -2.16. The maximum Gasteiger partial charge on any atom is 0.124 e. The summed E-state index contributed by atoms with van der Waals surface area (Å²) in [7, 11) is 1.64. The van der Waals surface area contributed by atoms with Gasteiger partial charge in [-0.25, -0.2) is 0 Å². The highest BCUT2D eigenvalue weighted by Crippen LogP contribution is 2.27. The maximum atomic E-state index is 9.82. The van der Waals surface area contributed by atoms with E-state index in [9.17, 15) is 10.2 Å². The first-order valence-electron chi connectivity index (χ1n) is 6.48. The molecule has 0 amide bonds. The van der Waals surface area contributed by atoms with Gasteiger partial charge < -0.3 is 20.3 Å². The van der Waals surface area contributed by atoms with Gasteiger partial charge in [0.2, 0.25) is 0 Å².